The molecule has 0 radical (unpaired) electrons. The summed E-state index contributed by atoms with van der Waals surface area (Å²) in [4.78, 5) is 13.1. The smallest absolute Gasteiger partial charge is 0.220 e. The van der Waals surface area contributed by atoms with Crippen molar-refractivity contribution >= 4 is 5.91 Å². The largest absolute Gasteiger partial charge is 0.394 e. The third-order valence-corrected chi connectivity index (χ3v) is 11.8. The summed E-state index contributed by atoms with van der Waals surface area (Å²) < 4.78 is 22.7. The highest BCUT2D eigenvalue weighted by molar-refractivity contribution is 5.76. The quantitative estimate of drug-likeness (QED) is 0.0272. The number of aliphatic hydroxyl groups is 8. The molecule has 1 amide bonds. The SMILES string of the molecule is CC/C=C\C/C=C\C/C=C\C/C=C\CCC(=O)NC(COC1OC(CO)C(OC2OC(CO)C(O)C(O)C2O)C(O)C1O)C(O)CCCCCCCCCCCCCCCCCC. The minimum Gasteiger partial charge on any atom is -0.394 e. The molecule has 0 bridgehead atoms. The number of aliphatic hydroxyl groups excluding tert-OH is 8. The van der Waals surface area contributed by atoms with Crippen molar-refractivity contribution in [1.82, 2.24) is 5.32 Å². The van der Waals surface area contributed by atoms with E-state index in [9.17, 15) is 45.6 Å². The highest BCUT2D eigenvalue weighted by atomic mass is 16.7. The summed E-state index contributed by atoms with van der Waals surface area (Å²) in [6.45, 7) is 2.66. The molecule has 0 aromatic carbocycles. The van der Waals surface area contributed by atoms with Crippen molar-refractivity contribution in [2.75, 3.05) is 19.8 Å². The first-order chi connectivity index (χ1) is 30.6. The van der Waals surface area contributed by atoms with Crippen LogP contribution in [0.2, 0.25) is 0 Å². The molecule has 2 rings (SSSR count). The highest BCUT2D eigenvalue weighted by Gasteiger charge is 2.51. The van der Waals surface area contributed by atoms with Crippen LogP contribution in [0.1, 0.15) is 162 Å². The number of rotatable bonds is 36. The predicted octanol–water partition coefficient (Wildman–Crippen LogP) is 5.71. The standard InChI is InChI=1S/C49H87NO13/c1-3-5-7-9-11-13-15-17-18-19-21-22-24-26-28-30-32-38(53)37(50-41(54)33-31-29-27-25-23-20-16-14-12-10-8-6-4-2)36-60-48-46(59)44(57)47(40(35-52)62-48)63-49-45(58)43(56)42(55)39(34-51)61-49/h6,8,12,14,20,23,27,29,37-40,42-49,51-53,55-59H,3-5,7,9-11,13,15-19,21-22,24-26,28,30-36H2,1-2H3,(H,50,54)/b8-6-,14-12-,23-20-,29-27-. The van der Waals surface area contributed by atoms with Gasteiger partial charge in [0, 0.05) is 6.42 Å². The molecular formula is C49H87NO13. The Morgan fingerprint density at radius 3 is 1.59 bits per heavy atom. The Bertz CT molecular complexity index is 1250. The highest BCUT2D eigenvalue weighted by Crippen LogP contribution is 2.30. The predicted molar refractivity (Wildman–Crippen MR) is 244 cm³/mol. The Morgan fingerprint density at radius 1 is 0.587 bits per heavy atom. The molecule has 2 fully saturated rings. The molecular weight excluding hydrogens is 811 g/mol. The van der Waals surface area contributed by atoms with Gasteiger partial charge in [-0.25, -0.2) is 0 Å². The lowest BCUT2D eigenvalue weighted by Gasteiger charge is -2.46. The van der Waals surface area contributed by atoms with Gasteiger partial charge in [0.2, 0.25) is 5.91 Å². The van der Waals surface area contributed by atoms with Gasteiger partial charge in [0.15, 0.2) is 12.6 Å². The van der Waals surface area contributed by atoms with Crippen LogP contribution in [-0.2, 0) is 23.7 Å². The second kappa shape index (κ2) is 36.1. The molecule has 9 N–H and O–H groups in total. The Hall–Kier alpha value is -2.05. The molecule has 366 valence electrons. The van der Waals surface area contributed by atoms with Crippen LogP contribution in [-0.4, -0.2) is 140 Å². The number of unbranched alkanes of at least 4 members (excludes halogenated alkanes) is 15. The summed E-state index contributed by atoms with van der Waals surface area (Å²) in [5.41, 5.74) is 0. The summed E-state index contributed by atoms with van der Waals surface area (Å²) >= 11 is 0. The van der Waals surface area contributed by atoms with Crippen LogP contribution in [0.3, 0.4) is 0 Å². The molecule has 0 aromatic rings. The van der Waals surface area contributed by atoms with Gasteiger partial charge in [-0.15, -0.1) is 0 Å². The number of carbonyl (C=O) groups is 1. The van der Waals surface area contributed by atoms with Crippen molar-refractivity contribution in [3.63, 3.8) is 0 Å². The molecule has 0 aromatic heterocycles. The van der Waals surface area contributed by atoms with Crippen molar-refractivity contribution in [2.24, 2.45) is 0 Å². The molecule has 14 heteroatoms. The van der Waals surface area contributed by atoms with Crippen molar-refractivity contribution in [2.45, 2.75) is 235 Å². The number of hydrogen-bond donors (Lipinski definition) is 9. The van der Waals surface area contributed by atoms with Crippen LogP contribution >= 0.6 is 0 Å². The number of ether oxygens (including phenoxy) is 4. The second-order valence-corrected chi connectivity index (χ2v) is 17.2. The van der Waals surface area contributed by atoms with E-state index < -0.39 is 86.8 Å². The number of amides is 1. The number of allylic oxidation sites excluding steroid dienone is 8. The maximum atomic E-state index is 13.1. The van der Waals surface area contributed by atoms with Gasteiger partial charge in [0.05, 0.1) is 32.0 Å². The van der Waals surface area contributed by atoms with Crippen molar-refractivity contribution < 1.29 is 64.6 Å². The first-order valence-corrected chi connectivity index (χ1v) is 24.4. The van der Waals surface area contributed by atoms with Crippen molar-refractivity contribution in [3.05, 3.63) is 48.6 Å². The fourth-order valence-electron chi connectivity index (χ4n) is 7.83. The van der Waals surface area contributed by atoms with E-state index in [-0.39, 0.29) is 18.9 Å². The molecule has 2 aliphatic heterocycles. The summed E-state index contributed by atoms with van der Waals surface area (Å²) in [6, 6.07) is -0.866. The molecule has 12 atom stereocenters. The van der Waals surface area contributed by atoms with Gasteiger partial charge in [-0.1, -0.05) is 165 Å². The minimum atomic E-state index is -1.79. The maximum Gasteiger partial charge on any atom is 0.220 e. The minimum absolute atomic E-state index is 0.182. The van der Waals surface area contributed by atoms with E-state index in [0.29, 0.717) is 12.8 Å². The first-order valence-electron chi connectivity index (χ1n) is 24.4. The number of nitrogens with one attached hydrogen (secondary N) is 1. The van der Waals surface area contributed by atoms with Crippen LogP contribution in [0.4, 0.5) is 0 Å². The van der Waals surface area contributed by atoms with E-state index in [4.69, 9.17) is 18.9 Å². The monoisotopic (exact) mass is 898 g/mol. The van der Waals surface area contributed by atoms with Gasteiger partial charge >= 0.3 is 0 Å². The summed E-state index contributed by atoms with van der Waals surface area (Å²) in [7, 11) is 0. The van der Waals surface area contributed by atoms with E-state index in [1.165, 1.54) is 77.0 Å². The van der Waals surface area contributed by atoms with Gasteiger partial charge in [-0.2, -0.15) is 0 Å². The van der Waals surface area contributed by atoms with Gasteiger partial charge in [0.1, 0.15) is 48.8 Å². The van der Waals surface area contributed by atoms with Crippen molar-refractivity contribution in [3.8, 4) is 0 Å². The third-order valence-electron chi connectivity index (χ3n) is 11.8. The van der Waals surface area contributed by atoms with E-state index in [1.807, 2.05) is 12.2 Å². The van der Waals surface area contributed by atoms with E-state index in [0.717, 1.165) is 51.4 Å². The molecule has 14 nitrogen and oxygen atoms in total. The lowest BCUT2D eigenvalue weighted by atomic mass is 9.97. The summed E-state index contributed by atoms with van der Waals surface area (Å²) in [5, 5.41) is 86.7. The normalized spacial score (nSPS) is 27.9. The third kappa shape index (κ3) is 23.8. The van der Waals surface area contributed by atoms with Gasteiger partial charge in [0.25, 0.3) is 0 Å². The fourth-order valence-corrected chi connectivity index (χ4v) is 7.83. The number of carbonyl (C=O) groups excluding carboxylic acids is 1. The van der Waals surface area contributed by atoms with Crippen molar-refractivity contribution in [1.29, 1.82) is 0 Å². The van der Waals surface area contributed by atoms with Crippen LogP contribution < -0.4 is 5.32 Å². The lowest BCUT2D eigenvalue weighted by Crippen LogP contribution is -2.65. The summed E-state index contributed by atoms with van der Waals surface area (Å²) in [6.07, 6.45) is 24.2. The molecule has 0 aliphatic carbocycles. The Kier molecular flexibility index (Phi) is 32.7. The first kappa shape index (κ1) is 57.1. The molecule has 63 heavy (non-hydrogen) atoms. The topological polar surface area (TPSA) is 228 Å². The fraction of sp³-hybridized carbons (Fsp3) is 0.816. The average molecular weight is 898 g/mol. The van der Waals surface area contributed by atoms with Crippen LogP contribution in [0, 0.1) is 0 Å². The average Bonchev–Trinajstić information content (AvgIpc) is 3.28. The van der Waals surface area contributed by atoms with Crippen LogP contribution in [0.5, 0.6) is 0 Å². The van der Waals surface area contributed by atoms with Gasteiger partial charge < -0.3 is 65.1 Å². The van der Waals surface area contributed by atoms with Crippen LogP contribution in [0.15, 0.2) is 48.6 Å². The van der Waals surface area contributed by atoms with Crippen LogP contribution in [0.25, 0.3) is 0 Å². The molecule has 2 aliphatic rings. The Morgan fingerprint density at radius 2 is 1.06 bits per heavy atom. The van der Waals surface area contributed by atoms with E-state index in [2.05, 4.69) is 55.6 Å². The Labute approximate surface area is 378 Å². The zero-order valence-corrected chi connectivity index (χ0v) is 38.6. The van der Waals surface area contributed by atoms with Gasteiger partial charge in [-0.05, 0) is 38.5 Å². The molecule has 2 heterocycles. The van der Waals surface area contributed by atoms with Gasteiger partial charge in [-0.3, -0.25) is 4.79 Å². The lowest BCUT2D eigenvalue weighted by molar-refractivity contribution is -0.359. The number of hydrogen-bond acceptors (Lipinski definition) is 13. The molecule has 12 unspecified atom stereocenters. The zero-order chi connectivity index (χ0) is 46.1. The Balaban J connectivity index is 1.88. The zero-order valence-electron chi connectivity index (χ0n) is 38.6. The maximum absolute atomic E-state index is 13.1. The van der Waals surface area contributed by atoms with E-state index >= 15 is 0 Å². The molecule has 0 saturated carbocycles. The van der Waals surface area contributed by atoms with E-state index in [1.54, 1.807) is 0 Å². The molecule has 0 spiro atoms. The summed E-state index contributed by atoms with van der Waals surface area (Å²) in [5.74, 6) is -0.288. The molecule has 2 saturated heterocycles. The second-order valence-electron chi connectivity index (χ2n) is 17.2.